The van der Waals surface area contributed by atoms with Gasteiger partial charge in [-0.25, -0.2) is 0 Å². The molecule has 5 rings (SSSR count). The zero-order chi connectivity index (χ0) is 16.1. The third-order valence-electron chi connectivity index (χ3n) is 8.00. The maximum absolute atomic E-state index is 6.71. The first-order valence-corrected chi connectivity index (χ1v) is 9.41. The van der Waals surface area contributed by atoms with Gasteiger partial charge in [-0.05, 0) is 68.2 Å². The summed E-state index contributed by atoms with van der Waals surface area (Å²) in [6, 6.07) is 5.35. The molecule has 2 heterocycles. The number of benzene rings is 1. The molecule has 1 saturated carbocycles. The maximum Gasteiger partial charge on any atom is 0.126 e. The van der Waals surface area contributed by atoms with Crippen molar-refractivity contribution < 1.29 is 4.74 Å². The van der Waals surface area contributed by atoms with Gasteiger partial charge in [-0.2, -0.15) is 0 Å². The fraction of sp³-hybridized carbons (Fsp3) is 0.714. The second-order valence-electron chi connectivity index (χ2n) is 9.18. The Morgan fingerprint density at radius 1 is 1.26 bits per heavy atom. The summed E-state index contributed by atoms with van der Waals surface area (Å²) < 4.78 is 6.71. The lowest BCUT2D eigenvalue weighted by Crippen LogP contribution is -2.70. The Kier molecular flexibility index (Phi) is 2.58. The van der Waals surface area contributed by atoms with E-state index in [1.807, 2.05) is 0 Å². The summed E-state index contributed by atoms with van der Waals surface area (Å²) in [6.45, 7) is 10.9. The summed E-state index contributed by atoms with van der Waals surface area (Å²) in [5, 5.41) is 0. The molecule has 0 N–H and O–H groups in total. The molecule has 2 nitrogen and oxygen atoms in total. The molecule has 1 aromatic carbocycles. The Morgan fingerprint density at radius 2 is 2.04 bits per heavy atom. The number of likely N-dealkylation sites (tertiary alicyclic amines) is 1. The second kappa shape index (κ2) is 4.14. The van der Waals surface area contributed by atoms with Crippen molar-refractivity contribution in [3.05, 3.63) is 28.8 Å². The van der Waals surface area contributed by atoms with Crippen LogP contribution in [0.3, 0.4) is 0 Å². The molecule has 2 heteroatoms. The van der Waals surface area contributed by atoms with Crippen molar-refractivity contribution >= 4 is 0 Å². The third kappa shape index (κ3) is 1.38. The highest BCUT2D eigenvalue weighted by Gasteiger charge is 2.70. The van der Waals surface area contributed by atoms with Crippen LogP contribution >= 0.6 is 0 Å². The topological polar surface area (TPSA) is 12.5 Å². The van der Waals surface area contributed by atoms with Crippen molar-refractivity contribution in [2.45, 2.75) is 70.4 Å². The van der Waals surface area contributed by atoms with E-state index in [-0.39, 0.29) is 5.41 Å². The van der Waals surface area contributed by atoms with Gasteiger partial charge in [0.1, 0.15) is 11.9 Å². The van der Waals surface area contributed by atoms with Gasteiger partial charge >= 0.3 is 0 Å². The van der Waals surface area contributed by atoms with Crippen molar-refractivity contribution in [1.29, 1.82) is 0 Å². The molecule has 6 atom stereocenters. The zero-order valence-electron chi connectivity index (χ0n) is 15.1. The average Bonchev–Trinajstić information content (AvgIpc) is 2.80. The standard InChI is InChI=1S/C21H29NO/c1-12-10-16-21-8-9-22(5)19(20(21,4)11-12)14(3)15-7-6-13(2)18(23-16)17(15)21/h6-7,12,14,16,19H,8-11H2,1-5H3/t12?,14?,16-,19-,20?,21+/m0/s1. The molecule has 2 bridgehead atoms. The van der Waals surface area contributed by atoms with E-state index in [9.17, 15) is 0 Å². The van der Waals surface area contributed by atoms with Crippen LogP contribution in [0.4, 0.5) is 0 Å². The van der Waals surface area contributed by atoms with E-state index in [0.717, 1.165) is 5.92 Å². The van der Waals surface area contributed by atoms with E-state index in [0.29, 0.717) is 23.5 Å². The monoisotopic (exact) mass is 311 g/mol. The van der Waals surface area contributed by atoms with Crippen molar-refractivity contribution in [2.75, 3.05) is 13.6 Å². The number of rotatable bonds is 0. The largest absolute Gasteiger partial charge is 0.489 e. The third-order valence-corrected chi connectivity index (χ3v) is 8.00. The summed E-state index contributed by atoms with van der Waals surface area (Å²) in [6.07, 6.45) is 4.24. The zero-order valence-corrected chi connectivity index (χ0v) is 15.1. The van der Waals surface area contributed by atoms with Crippen LogP contribution in [0, 0.1) is 18.3 Å². The van der Waals surface area contributed by atoms with E-state index >= 15 is 0 Å². The maximum atomic E-state index is 6.71. The van der Waals surface area contributed by atoms with Crippen molar-refractivity contribution in [3.63, 3.8) is 0 Å². The van der Waals surface area contributed by atoms with Crippen molar-refractivity contribution in [2.24, 2.45) is 11.3 Å². The number of hydrogen-bond acceptors (Lipinski definition) is 2. The number of likely N-dealkylation sites (N-methyl/N-ethyl adjacent to an activating group) is 1. The Labute approximate surface area is 140 Å². The fourth-order valence-corrected chi connectivity index (χ4v) is 7.39. The van der Waals surface area contributed by atoms with E-state index in [1.54, 1.807) is 11.1 Å². The molecule has 0 aromatic heterocycles. The summed E-state index contributed by atoms with van der Waals surface area (Å²) in [4.78, 5) is 2.66. The van der Waals surface area contributed by atoms with Gasteiger partial charge in [-0.3, -0.25) is 0 Å². The lowest BCUT2D eigenvalue weighted by molar-refractivity contribution is -0.128. The number of hydrogen-bond donors (Lipinski definition) is 0. The predicted molar refractivity (Wildman–Crippen MR) is 93.2 cm³/mol. The van der Waals surface area contributed by atoms with Gasteiger partial charge in [0.2, 0.25) is 0 Å². The van der Waals surface area contributed by atoms with Gasteiger partial charge in [0.05, 0.1) is 0 Å². The molecule has 3 unspecified atom stereocenters. The quantitative estimate of drug-likeness (QED) is 0.710. The molecule has 2 fully saturated rings. The Hall–Kier alpha value is -1.02. The first kappa shape index (κ1) is 14.3. The molecule has 2 aliphatic carbocycles. The summed E-state index contributed by atoms with van der Waals surface area (Å²) in [5.74, 6) is 2.61. The molecule has 23 heavy (non-hydrogen) atoms. The molecule has 1 aromatic rings. The van der Waals surface area contributed by atoms with Crippen LogP contribution in [-0.2, 0) is 5.41 Å². The molecule has 1 spiro atoms. The SMILES string of the molecule is Cc1ccc2c3c1O[C@H]1CC(C)CC4(C)[C@H](C2C)N(C)CC[C@]314. The lowest BCUT2D eigenvalue weighted by Gasteiger charge is -2.66. The normalized spacial score (nSPS) is 47.2. The highest BCUT2D eigenvalue weighted by Crippen LogP contribution is 2.70. The molecular weight excluding hydrogens is 282 g/mol. The summed E-state index contributed by atoms with van der Waals surface area (Å²) in [5.41, 5.74) is 5.14. The van der Waals surface area contributed by atoms with Crippen LogP contribution in [-0.4, -0.2) is 30.6 Å². The van der Waals surface area contributed by atoms with E-state index < -0.39 is 0 Å². The molecule has 0 amide bonds. The second-order valence-corrected chi connectivity index (χ2v) is 9.18. The van der Waals surface area contributed by atoms with Crippen molar-refractivity contribution in [3.8, 4) is 5.75 Å². The minimum atomic E-state index is 0.264. The number of piperidine rings is 1. The number of aryl methyl sites for hydroxylation is 1. The molecule has 0 radical (unpaired) electrons. The van der Waals surface area contributed by atoms with Crippen LogP contribution < -0.4 is 4.74 Å². The minimum Gasteiger partial charge on any atom is -0.489 e. The summed E-state index contributed by atoms with van der Waals surface area (Å²) >= 11 is 0. The van der Waals surface area contributed by atoms with Crippen LogP contribution in [0.15, 0.2) is 12.1 Å². The highest BCUT2D eigenvalue weighted by atomic mass is 16.5. The molecule has 4 aliphatic rings. The van der Waals surface area contributed by atoms with Gasteiger partial charge in [-0.15, -0.1) is 0 Å². The molecule has 1 saturated heterocycles. The van der Waals surface area contributed by atoms with Gasteiger partial charge in [0.15, 0.2) is 0 Å². The average molecular weight is 311 g/mol. The van der Waals surface area contributed by atoms with Crippen LogP contribution in [0.5, 0.6) is 5.75 Å². The van der Waals surface area contributed by atoms with Crippen LogP contribution in [0.25, 0.3) is 0 Å². The molecule has 2 aliphatic heterocycles. The van der Waals surface area contributed by atoms with Crippen LogP contribution in [0.1, 0.15) is 62.6 Å². The van der Waals surface area contributed by atoms with E-state index in [1.165, 1.54) is 37.1 Å². The van der Waals surface area contributed by atoms with Crippen LogP contribution in [0.2, 0.25) is 0 Å². The smallest absolute Gasteiger partial charge is 0.126 e. The first-order valence-electron chi connectivity index (χ1n) is 9.41. The summed E-state index contributed by atoms with van der Waals surface area (Å²) in [7, 11) is 2.35. The Balaban J connectivity index is 1.88. The molecule has 124 valence electrons. The minimum absolute atomic E-state index is 0.264. The fourth-order valence-electron chi connectivity index (χ4n) is 7.39. The van der Waals surface area contributed by atoms with E-state index in [4.69, 9.17) is 4.74 Å². The van der Waals surface area contributed by atoms with Gasteiger partial charge in [-0.1, -0.05) is 32.9 Å². The highest BCUT2D eigenvalue weighted by molar-refractivity contribution is 5.60. The number of ether oxygens (including phenoxy) is 1. The van der Waals surface area contributed by atoms with E-state index in [2.05, 4.69) is 51.8 Å². The Morgan fingerprint density at radius 3 is 2.83 bits per heavy atom. The molecular formula is C21H29NO. The van der Waals surface area contributed by atoms with Gasteiger partial charge in [0.25, 0.3) is 0 Å². The predicted octanol–water partition coefficient (Wildman–Crippen LogP) is 4.25. The number of nitrogens with zero attached hydrogens (tertiary/aromatic N) is 1. The lowest BCUT2D eigenvalue weighted by atomic mass is 9.41. The first-order chi connectivity index (χ1) is 10.9. The van der Waals surface area contributed by atoms with Crippen molar-refractivity contribution in [1.82, 2.24) is 4.90 Å². The van der Waals surface area contributed by atoms with Gasteiger partial charge in [0, 0.05) is 17.0 Å². The van der Waals surface area contributed by atoms with Gasteiger partial charge < -0.3 is 9.64 Å². The Bertz CT molecular complexity index is 697.